The molecule has 0 aliphatic carbocycles. The monoisotopic (exact) mass is 803 g/mol. The molecule has 2 fully saturated rings. The zero-order chi connectivity index (χ0) is 42.4. The second kappa shape index (κ2) is 20.3. The SMILES string of the molecule is CC[C@H]1OC(=O)[C@H](C)[C@@H](O)[C@H](C)[C@@H](O[C@@H]2O[C@H](C)C[C@H](N(C)C)[C@H]2OCCCN(C)Cc2cnc3ccccc3c2)[C@](C)(O)C[C@@H](C)CN(C)[C@H](C)[C@@H](O)[C@]1(C)O. The molecule has 13 nitrogen and oxygen atoms in total. The molecule has 0 radical (unpaired) electrons. The number of esters is 1. The molecule has 0 saturated carbocycles. The van der Waals surface area contributed by atoms with Gasteiger partial charge in [-0.25, -0.2) is 0 Å². The number of hydrogen-bond donors (Lipinski definition) is 4. The molecule has 2 aliphatic rings. The summed E-state index contributed by atoms with van der Waals surface area (Å²) in [6, 6.07) is 9.72. The van der Waals surface area contributed by atoms with E-state index in [0.717, 1.165) is 36.0 Å². The number of para-hydroxylation sites is 1. The lowest BCUT2D eigenvalue weighted by Crippen LogP contribution is -2.60. The van der Waals surface area contributed by atoms with Crippen LogP contribution in [0.4, 0.5) is 0 Å². The summed E-state index contributed by atoms with van der Waals surface area (Å²) in [4.78, 5) is 24.6. The number of aliphatic hydroxyl groups is 4. The van der Waals surface area contributed by atoms with Gasteiger partial charge in [-0.05, 0) is 112 Å². The number of carbonyl (C=O) groups is 1. The normalized spacial score (nSPS) is 38.2. The minimum Gasteiger partial charge on any atom is -0.459 e. The number of aliphatic hydroxyl groups excluding tert-OH is 2. The Bertz CT molecular complexity index is 1560. The van der Waals surface area contributed by atoms with Gasteiger partial charge in [0.05, 0.1) is 35.3 Å². The maximum Gasteiger partial charge on any atom is 0.311 e. The van der Waals surface area contributed by atoms with Crippen LogP contribution in [0.5, 0.6) is 0 Å². The largest absolute Gasteiger partial charge is 0.459 e. The molecule has 0 spiro atoms. The highest BCUT2D eigenvalue weighted by Crippen LogP contribution is 2.37. The van der Waals surface area contributed by atoms with Gasteiger partial charge in [0, 0.05) is 55.8 Å². The Balaban J connectivity index is 1.56. The standard InChI is InChI=1S/C44H74N4O9/c1-13-36-44(8,53)39(50)31(6)48(12)25-27(2)23-43(7,52)40(29(4)37(49)30(5)41(51)56-36)57-42-38(35(46(9)10)21-28(3)55-42)54-20-16-19-47(11)26-32-22-33-17-14-15-18-34(33)45-24-32/h14-15,17-18,22,24,27-31,35-40,42,49-50,52-53H,13,16,19-21,23,25-26H2,1-12H3/t27-,28-,29+,30-,31-,35+,36-,37+,38-,39-,40-,42+,43-,44-/m1/s1. The molecule has 2 saturated heterocycles. The molecule has 0 unspecified atom stereocenters. The summed E-state index contributed by atoms with van der Waals surface area (Å²) >= 11 is 0. The molecule has 2 aliphatic heterocycles. The van der Waals surface area contributed by atoms with E-state index in [1.165, 1.54) is 6.92 Å². The minimum atomic E-state index is -1.76. The molecule has 0 bridgehead atoms. The van der Waals surface area contributed by atoms with E-state index in [9.17, 15) is 25.2 Å². The van der Waals surface area contributed by atoms with E-state index in [-0.39, 0.29) is 30.9 Å². The number of cyclic esters (lactones) is 1. The second-order valence-corrected chi connectivity index (χ2v) is 18.1. The van der Waals surface area contributed by atoms with Crippen LogP contribution in [0, 0.1) is 17.8 Å². The van der Waals surface area contributed by atoms with Crippen molar-refractivity contribution in [3.05, 3.63) is 42.1 Å². The summed E-state index contributed by atoms with van der Waals surface area (Å²) in [7, 11) is 7.97. The van der Waals surface area contributed by atoms with Crippen molar-refractivity contribution in [2.75, 3.05) is 47.9 Å². The molecule has 13 heteroatoms. The van der Waals surface area contributed by atoms with Crippen LogP contribution in [0.1, 0.15) is 86.6 Å². The van der Waals surface area contributed by atoms with Gasteiger partial charge in [-0.1, -0.05) is 39.0 Å². The smallest absolute Gasteiger partial charge is 0.311 e. The lowest BCUT2D eigenvalue weighted by atomic mass is 9.78. The number of fused-ring (bicyclic) bond motifs is 1. The highest BCUT2D eigenvalue weighted by atomic mass is 16.7. The Labute approximate surface area is 341 Å². The van der Waals surface area contributed by atoms with Crippen LogP contribution < -0.4 is 0 Å². The number of likely N-dealkylation sites (N-methyl/N-ethyl adjacent to an activating group) is 2. The van der Waals surface area contributed by atoms with E-state index >= 15 is 0 Å². The van der Waals surface area contributed by atoms with Crippen molar-refractivity contribution in [1.82, 2.24) is 19.7 Å². The Hall–Kier alpha value is -2.30. The zero-order valence-corrected chi connectivity index (χ0v) is 36.7. The van der Waals surface area contributed by atoms with E-state index in [1.807, 2.05) is 71.2 Å². The Morgan fingerprint density at radius 2 is 1.74 bits per heavy atom. The average Bonchev–Trinajstić information content (AvgIpc) is 3.15. The van der Waals surface area contributed by atoms with Crippen LogP contribution >= 0.6 is 0 Å². The second-order valence-electron chi connectivity index (χ2n) is 18.1. The van der Waals surface area contributed by atoms with Crippen LogP contribution in [0.3, 0.4) is 0 Å². The third kappa shape index (κ3) is 11.9. The quantitative estimate of drug-likeness (QED) is 0.191. The number of benzene rings is 1. The molecule has 4 rings (SSSR count). The third-order valence-corrected chi connectivity index (χ3v) is 12.5. The van der Waals surface area contributed by atoms with E-state index in [2.05, 4.69) is 34.0 Å². The first-order chi connectivity index (χ1) is 26.7. The molecule has 1 aromatic carbocycles. The highest BCUT2D eigenvalue weighted by molar-refractivity contribution is 5.78. The average molecular weight is 803 g/mol. The van der Waals surface area contributed by atoms with Crippen LogP contribution in [-0.2, 0) is 30.3 Å². The van der Waals surface area contributed by atoms with E-state index in [0.29, 0.717) is 19.6 Å². The van der Waals surface area contributed by atoms with E-state index in [4.69, 9.17) is 18.9 Å². The summed E-state index contributed by atoms with van der Waals surface area (Å²) in [6.07, 6.45) is -2.18. The Kier molecular flexibility index (Phi) is 16.9. The summed E-state index contributed by atoms with van der Waals surface area (Å²) in [5, 5.41) is 48.3. The fourth-order valence-electron chi connectivity index (χ4n) is 9.05. The number of carbonyl (C=O) groups excluding carboxylic acids is 1. The number of nitrogens with zero attached hydrogens (tertiary/aromatic N) is 4. The lowest BCUT2D eigenvalue weighted by molar-refractivity contribution is -0.306. The Morgan fingerprint density at radius 1 is 1.05 bits per heavy atom. The molecule has 1 aromatic heterocycles. The number of hydrogen-bond acceptors (Lipinski definition) is 13. The van der Waals surface area contributed by atoms with E-state index < -0.39 is 71.9 Å². The van der Waals surface area contributed by atoms with Crippen LogP contribution in [0.25, 0.3) is 10.9 Å². The zero-order valence-electron chi connectivity index (χ0n) is 36.7. The fraction of sp³-hybridized carbons (Fsp3) is 0.773. The molecule has 57 heavy (non-hydrogen) atoms. The fourth-order valence-corrected chi connectivity index (χ4v) is 9.05. The number of ether oxygens (including phenoxy) is 4. The minimum absolute atomic E-state index is 0.0549. The highest BCUT2D eigenvalue weighted by Gasteiger charge is 2.50. The summed E-state index contributed by atoms with van der Waals surface area (Å²) in [5.74, 6) is -2.62. The summed E-state index contributed by atoms with van der Waals surface area (Å²) < 4.78 is 25.9. The lowest BCUT2D eigenvalue weighted by Gasteiger charge is -2.48. The molecule has 4 N–H and O–H groups in total. The molecule has 0 amide bonds. The number of pyridine rings is 1. The molecule has 2 aromatic rings. The predicted octanol–water partition coefficient (Wildman–Crippen LogP) is 4.07. The van der Waals surface area contributed by atoms with Gasteiger partial charge in [0.15, 0.2) is 6.29 Å². The van der Waals surface area contributed by atoms with Gasteiger partial charge >= 0.3 is 5.97 Å². The van der Waals surface area contributed by atoms with Gasteiger partial charge in [-0.2, -0.15) is 0 Å². The number of rotatable bonds is 11. The third-order valence-electron chi connectivity index (χ3n) is 12.5. The van der Waals surface area contributed by atoms with Crippen LogP contribution in [-0.4, -0.2) is 160 Å². The van der Waals surface area contributed by atoms with Crippen LogP contribution in [0.2, 0.25) is 0 Å². The molecular weight excluding hydrogens is 729 g/mol. The van der Waals surface area contributed by atoms with Crippen molar-refractivity contribution >= 4 is 16.9 Å². The van der Waals surface area contributed by atoms with Crippen molar-refractivity contribution < 1.29 is 44.2 Å². The first-order valence-corrected chi connectivity index (χ1v) is 21.0. The van der Waals surface area contributed by atoms with Gasteiger partial charge in [-0.3, -0.25) is 9.78 Å². The van der Waals surface area contributed by atoms with E-state index in [1.54, 1.807) is 27.7 Å². The predicted molar refractivity (Wildman–Crippen MR) is 221 cm³/mol. The Morgan fingerprint density at radius 3 is 2.40 bits per heavy atom. The van der Waals surface area contributed by atoms with Crippen LogP contribution in [0.15, 0.2) is 36.5 Å². The van der Waals surface area contributed by atoms with Crippen molar-refractivity contribution in [1.29, 1.82) is 0 Å². The van der Waals surface area contributed by atoms with Gasteiger partial charge in [0.2, 0.25) is 0 Å². The van der Waals surface area contributed by atoms with Gasteiger partial charge in [-0.15, -0.1) is 0 Å². The maximum absolute atomic E-state index is 13.6. The molecule has 324 valence electrons. The summed E-state index contributed by atoms with van der Waals surface area (Å²) in [5.41, 5.74) is -1.13. The van der Waals surface area contributed by atoms with Crippen molar-refractivity contribution in [3.63, 3.8) is 0 Å². The molecule has 3 heterocycles. The van der Waals surface area contributed by atoms with Gasteiger partial charge in [0.1, 0.15) is 23.9 Å². The topological polar surface area (TPSA) is 158 Å². The van der Waals surface area contributed by atoms with Gasteiger partial charge < -0.3 is 54.1 Å². The van der Waals surface area contributed by atoms with Crippen molar-refractivity contribution in [2.45, 2.75) is 154 Å². The van der Waals surface area contributed by atoms with Crippen molar-refractivity contribution in [2.24, 2.45) is 17.8 Å². The number of aromatic nitrogens is 1. The van der Waals surface area contributed by atoms with Gasteiger partial charge in [0.25, 0.3) is 0 Å². The molecule has 14 atom stereocenters. The first kappa shape index (κ1) is 47.4. The maximum atomic E-state index is 13.6. The first-order valence-electron chi connectivity index (χ1n) is 21.0. The summed E-state index contributed by atoms with van der Waals surface area (Å²) in [6.45, 7) is 16.6. The molecular formula is C44H74N4O9. The van der Waals surface area contributed by atoms with Crippen molar-refractivity contribution in [3.8, 4) is 0 Å².